The summed E-state index contributed by atoms with van der Waals surface area (Å²) in [5.74, 6) is 0. The van der Waals surface area contributed by atoms with Gasteiger partial charge in [-0.1, -0.05) is 29.8 Å². The number of nitrogens with one attached hydrogen (secondary N) is 1. The Labute approximate surface area is 128 Å². The highest BCUT2D eigenvalue weighted by Gasteiger charge is 2.46. The van der Waals surface area contributed by atoms with Crippen LogP contribution in [0.15, 0.2) is 35.2 Å². The highest BCUT2D eigenvalue weighted by Crippen LogP contribution is 2.45. The zero-order chi connectivity index (χ0) is 14.9. The molecular weight excluding hydrogens is 282 g/mol. The molecule has 21 heavy (non-hydrogen) atoms. The zero-order valence-electron chi connectivity index (χ0n) is 12.3. The second-order valence-corrected chi connectivity index (χ2v) is 6.44. The van der Waals surface area contributed by atoms with Gasteiger partial charge in [-0.3, -0.25) is 0 Å². The average molecular weight is 301 g/mol. The molecule has 1 heterocycles. The molecule has 0 unspecified atom stereocenters. The van der Waals surface area contributed by atoms with Gasteiger partial charge in [-0.2, -0.15) is 0 Å². The minimum Gasteiger partial charge on any atom is -0.328 e. The number of rotatable bonds is 4. The Balaban J connectivity index is 1.67. The predicted molar refractivity (Wildman–Crippen MR) is 84.2 cm³/mol. The molecule has 2 amide bonds. The zero-order valence-corrected chi connectivity index (χ0v) is 13.1. The molecule has 0 saturated heterocycles. The van der Waals surface area contributed by atoms with Crippen molar-refractivity contribution in [3.63, 3.8) is 0 Å². The van der Waals surface area contributed by atoms with E-state index in [1.54, 1.807) is 28.8 Å². The van der Waals surface area contributed by atoms with Crippen molar-refractivity contribution in [3.8, 4) is 0 Å². The lowest BCUT2D eigenvalue weighted by Crippen LogP contribution is -2.43. The number of thiazole rings is 1. The summed E-state index contributed by atoms with van der Waals surface area (Å²) >= 11 is 1.55. The van der Waals surface area contributed by atoms with Crippen LogP contribution >= 0.6 is 11.3 Å². The molecule has 1 aliphatic carbocycles. The van der Waals surface area contributed by atoms with Gasteiger partial charge in [0.15, 0.2) is 0 Å². The molecule has 1 aliphatic rings. The van der Waals surface area contributed by atoms with E-state index in [1.165, 1.54) is 11.1 Å². The third-order valence-corrected chi connectivity index (χ3v) is 4.53. The van der Waals surface area contributed by atoms with Crippen molar-refractivity contribution in [1.29, 1.82) is 0 Å². The largest absolute Gasteiger partial charge is 0.328 e. The molecule has 3 rings (SSSR count). The molecule has 0 atom stereocenters. The summed E-state index contributed by atoms with van der Waals surface area (Å²) in [6.07, 6.45) is 2.01. The lowest BCUT2D eigenvalue weighted by molar-refractivity contribution is 0.200. The van der Waals surface area contributed by atoms with Crippen molar-refractivity contribution in [2.75, 3.05) is 7.05 Å². The van der Waals surface area contributed by atoms with Crippen LogP contribution in [0.4, 0.5) is 4.79 Å². The summed E-state index contributed by atoms with van der Waals surface area (Å²) in [5, 5.41) is 5.16. The van der Waals surface area contributed by atoms with Crippen LogP contribution in [0, 0.1) is 6.92 Å². The van der Waals surface area contributed by atoms with Crippen LogP contribution in [0.3, 0.4) is 0 Å². The van der Waals surface area contributed by atoms with Crippen LogP contribution < -0.4 is 5.32 Å². The fraction of sp³-hybridized carbons (Fsp3) is 0.375. The van der Waals surface area contributed by atoms with Gasteiger partial charge < -0.3 is 10.2 Å². The monoisotopic (exact) mass is 301 g/mol. The first kappa shape index (κ1) is 14.1. The Kier molecular flexibility index (Phi) is 3.68. The molecule has 1 saturated carbocycles. The van der Waals surface area contributed by atoms with Gasteiger partial charge in [0.25, 0.3) is 0 Å². The number of amides is 2. The molecule has 2 aromatic rings. The fourth-order valence-electron chi connectivity index (χ4n) is 2.48. The smallest absolute Gasteiger partial charge is 0.318 e. The molecular formula is C16H19N3OS. The van der Waals surface area contributed by atoms with Crippen LogP contribution in [0.25, 0.3) is 0 Å². The Morgan fingerprint density at radius 2 is 2.29 bits per heavy atom. The quantitative estimate of drug-likeness (QED) is 0.942. The Hall–Kier alpha value is -1.88. The summed E-state index contributed by atoms with van der Waals surface area (Å²) in [4.78, 5) is 18.3. The molecule has 0 spiro atoms. The molecule has 1 aromatic heterocycles. The number of aryl methyl sites for hydroxylation is 1. The lowest BCUT2D eigenvalue weighted by atomic mass is 10.0. The maximum atomic E-state index is 12.4. The van der Waals surface area contributed by atoms with Crippen LogP contribution in [0.2, 0.25) is 0 Å². The molecule has 1 N–H and O–H groups in total. The van der Waals surface area contributed by atoms with Crippen LogP contribution in [-0.2, 0) is 12.1 Å². The van der Waals surface area contributed by atoms with Gasteiger partial charge in [0, 0.05) is 12.4 Å². The number of benzene rings is 1. The lowest BCUT2D eigenvalue weighted by Gasteiger charge is -2.23. The molecule has 4 nitrogen and oxygen atoms in total. The number of hydrogen-bond donors (Lipinski definition) is 1. The molecule has 110 valence electrons. The second kappa shape index (κ2) is 5.48. The second-order valence-electron chi connectivity index (χ2n) is 5.72. The first-order valence-electron chi connectivity index (χ1n) is 7.07. The summed E-state index contributed by atoms with van der Waals surface area (Å²) in [5.41, 5.74) is 4.98. The normalized spacial score (nSPS) is 15.5. The SMILES string of the molecule is Cc1cccc(C2(NC(=O)N(C)Cc3cscn3)CC2)c1. The van der Waals surface area contributed by atoms with Gasteiger partial charge in [-0.05, 0) is 25.3 Å². The van der Waals surface area contributed by atoms with Crippen molar-refractivity contribution >= 4 is 17.4 Å². The average Bonchev–Trinajstić information content (AvgIpc) is 3.06. The molecule has 0 bridgehead atoms. The van der Waals surface area contributed by atoms with E-state index in [0.29, 0.717) is 6.54 Å². The standard InChI is InChI=1S/C16H19N3OS/c1-12-4-3-5-13(8-12)16(6-7-16)18-15(20)19(2)9-14-10-21-11-17-14/h3-5,8,10-11H,6-7,9H2,1-2H3,(H,18,20). The van der Waals surface area contributed by atoms with Crippen LogP contribution in [0.1, 0.15) is 29.7 Å². The summed E-state index contributed by atoms with van der Waals surface area (Å²) in [7, 11) is 1.81. The number of hydrogen-bond acceptors (Lipinski definition) is 3. The highest BCUT2D eigenvalue weighted by molar-refractivity contribution is 7.07. The maximum absolute atomic E-state index is 12.4. The van der Waals surface area contributed by atoms with E-state index in [-0.39, 0.29) is 11.6 Å². The Bertz CT molecular complexity index is 635. The number of carbonyl (C=O) groups excluding carboxylic acids is 1. The molecule has 5 heteroatoms. The number of carbonyl (C=O) groups is 1. The third kappa shape index (κ3) is 3.08. The van der Waals surface area contributed by atoms with Gasteiger partial charge in [-0.25, -0.2) is 9.78 Å². The van der Waals surface area contributed by atoms with E-state index in [2.05, 4.69) is 41.5 Å². The number of aromatic nitrogens is 1. The first-order valence-corrected chi connectivity index (χ1v) is 8.01. The summed E-state index contributed by atoms with van der Waals surface area (Å²) < 4.78 is 0. The van der Waals surface area contributed by atoms with Crippen molar-refractivity contribution in [3.05, 3.63) is 52.0 Å². The van der Waals surface area contributed by atoms with E-state index in [0.717, 1.165) is 18.5 Å². The van der Waals surface area contributed by atoms with E-state index in [1.807, 2.05) is 5.38 Å². The molecule has 0 aliphatic heterocycles. The maximum Gasteiger partial charge on any atom is 0.318 e. The fourth-order valence-corrected chi connectivity index (χ4v) is 3.03. The molecule has 0 radical (unpaired) electrons. The molecule has 1 aromatic carbocycles. The van der Waals surface area contributed by atoms with E-state index in [9.17, 15) is 4.79 Å². The van der Waals surface area contributed by atoms with Gasteiger partial charge in [0.05, 0.1) is 23.3 Å². The minimum absolute atomic E-state index is 0.0398. The van der Waals surface area contributed by atoms with Crippen molar-refractivity contribution in [2.45, 2.75) is 31.8 Å². The predicted octanol–water partition coefficient (Wildman–Crippen LogP) is 3.28. The number of nitrogens with zero attached hydrogens (tertiary/aromatic N) is 2. The number of urea groups is 1. The van der Waals surface area contributed by atoms with Gasteiger partial charge in [0.1, 0.15) is 0 Å². The Morgan fingerprint density at radius 3 is 2.90 bits per heavy atom. The highest BCUT2D eigenvalue weighted by atomic mass is 32.1. The van der Waals surface area contributed by atoms with E-state index >= 15 is 0 Å². The molecule has 1 fully saturated rings. The van der Waals surface area contributed by atoms with Crippen LogP contribution in [0.5, 0.6) is 0 Å². The first-order chi connectivity index (χ1) is 10.1. The van der Waals surface area contributed by atoms with Crippen LogP contribution in [-0.4, -0.2) is 23.0 Å². The Morgan fingerprint density at radius 1 is 1.48 bits per heavy atom. The minimum atomic E-state index is -0.167. The van der Waals surface area contributed by atoms with Crippen molar-refractivity contribution < 1.29 is 4.79 Å². The topological polar surface area (TPSA) is 45.2 Å². The van der Waals surface area contributed by atoms with Gasteiger partial charge in [-0.15, -0.1) is 11.3 Å². The van der Waals surface area contributed by atoms with Crippen molar-refractivity contribution in [2.24, 2.45) is 0 Å². The van der Waals surface area contributed by atoms with E-state index in [4.69, 9.17) is 0 Å². The third-order valence-electron chi connectivity index (χ3n) is 3.90. The van der Waals surface area contributed by atoms with Gasteiger partial charge >= 0.3 is 6.03 Å². The summed E-state index contributed by atoms with van der Waals surface area (Å²) in [6, 6.07) is 8.35. The van der Waals surface area contributed by atoms with Gasteiger partial charge in [0.2, 0.25) is 0 Å². The summed E-state index contributed by atoms with van der Waals surface area (Å²) in [6.45, 7) is 2.62. The van der Waals surface area contributed by atoms with E-state index < -0.39 is 0 Å². The van der Waals surface area contributed by atoms with Crippen molar-refractivity contribution in [1.82, 2.24) is 15.2 Å².